The Kier molecular flexibility index (Phi) is 21.2. The molecule has 2 atom stereocenters. The third-order valence-electron chi connectivity index (χ3n) is 10.4. The van der Waals surface area contributed by atoms with Crippen molar-refractivity contribution in [3.63, 3.8) is 0 Å². The fraction of sp³-hybridized carbons (Fsp3) is 0.429. The lowest BCUT2D eigenvalue weighted by Gasteiger charge is -2.34. The summed E-state index contributed by atoms with van der Waals surface area (Å²) in [7, 11) is 0. The molecule has 0 aromatic heterocycles. The van der Waals surface area contributed by atoms with Crippen LogP contribution in [0.25, 0.3) is 0 Å². The molecule has 0 fully saturated rings. The molecule has 79 heavy (non-hydrogen) atoms. The van der Waals surface area contributed by atoms with E-state index in [4.69, 9.17) is 33.2 Å². The van der Waals surface area contributed by atoms with E-state index in [2.05, 4.69) is 0 Å². The highest BCUT2D eigenvalue weighted by Crippen LogP contribution is 2.25. The first-order valence-electron chi connectivity index (χ1n) is 24.8. The van der Waals surface area contributed by atoms with Gasteiger partial charge in [-0.1, -0.05) is 12.1 Å². The van der Waals surface area contributed by atoms with Gasteiger partial charge in [-0.05, 0) is 144 Å². The molecular weight excluding hydrogens is 1030 g/mol. The van der Waals surface area contributed by atoms with Crippen molar-refractivity contribution in [3.05, 3.63) is 140 Å². The Labute approximate surface area is 456 Å². The van der Waals surface area contributed by atoms with Crippen LogP contribution in [0.4, 0.5) is 11.4 Å². The number of carbonyl (C=O) groups excluding carboxylic acids is 8. The Balaban J connectivity index is 1.72. The molecule has 4 aromatic rings. The van der Waals surface area contributed by atoms with Crippen LogP contribution in [0, 0.1) is 20.2 Å². The van der Waals surface area contributed by atoms with Crippen molar-refractivity contribution < 1.29 is 81.4 Å². The van der Waals surface area contributed by atoms with Crippen LogP contribution in [0.5, 0.6) is 11.5 Å². The maximum atomic E-state index is 14.7. The summed E-state index contributed by atoms with van der Waals surface area (Å²) in [5, 5.41) is 22.3. The van der Waals surface area contributed by atoms with Crippen molar-refractivity contribution >= 4 is 59.0 Å². The molecule has 23 nitrogen and oxygen atoms in total. The number of hydrogen-bond donors (Lipinski definition) is 0. The predicted molar refractivity (Wildman–Crippen MR) is 282 cm³/mol. The summed E-state index contributed by atoms with van der Waals surface area (Å²) in [4.78, 5) is 134. The number of nitro benzene ring substituents is 2. The minimum absolute atomic E-state index is 0.0400. The van der Waals surface area contributed by atoms with Crippen LogP contribution in [0.2, 0.25) is 0 Å². The van der Waals surface area contributed by atoms with E-state index in [0.29, 0.717) is 0 Å². The molecule has 2 unspecified atom stereocenters. The summed E-state index contributed by atoms with van der Waals surface area (Å²) in [6, 6.07) is 16.6. The summed E-state index contributed by atoms with van der Waals surface area (Å²) >= 11 is 0. The van der Waals surface area contributed by atoms with Gasteiger partial charge in [0.1, 0.15) is 46.0 Å². The normalized spacial score (nSPS) is 12.4. The lowest BCUT2D eigenvalue weighted by Crippen LogP contribution is -2.51. The Morgan fingerprint density at radius 2 is 0.772 bits per heavy atom. The Hall–Kier alpha value is -8.60. The highest BCUT2D eigenvalue weighted by atomic mass is 16.6. The number of nitrogens with zero attached hydrogens (tertiary/aromatic N) is 4. The molecule has 0 aliphatic carbocycles. The zero-order valence-corrected chi connectivity index (χ0v) is 46.2. The molecule has 23 heteroatoms. The van der Waals surface area contributed by atoms with Crippen molar-refractivity contribution in [3.8, 4) is 11.5 Å². The van der Waals surface area contributed by atoms with Crippen LogP contribution < -0.4 is 9.47 Å². The molecule has 0 aliphatic heterocycles. The quantitative estimate of drug-likeness (QED) is 0.0178. The zero-order chi connectivity index (χ0) is 59.2. The third-order valence-corrected chi connectivity index (χ3v) is 10.4. The fourth-order valence-corrected chi connectivity index (χ4v) is 7.18. The van der Waals surface area contributed by atoms with Gasteiger partial charge in [-0.15, -0.1) is 0 Å². The summed E-state index contributed by atoms with van der Waals surface area (Å²) in [6.45, 7) is 17.4. The average molecular weight is 1100 g/mol. The van der Waals surface area contributed by atoms with Crippen molar-refractivity contribution in [2.24, 2.45) is 0 Å². The number of benzene rings is 4. The molecule has 4 aromatic carbocycles. The van der Waals surface area contributed by atoms with Crippen molar-refractivity contribution in [2.75, 3.05) is 26.3 Å². The number of hydrogen-bond acceptors (Lipinski definition) is 19. The molecule has 0 heterocycles. The summed E-state index contributed by atoms with van der Waals surface area (Å²) in [5.41, 5.74) is -5.13. The first-order chi connectivity index (χ1) is 36.6. The van der Waals surface area contributed by atoms with Gasteiger partial charge in [0, 0.05) is 48.5 Å². The number of non-ortho nitro benzene ring substituents is 2. The van der Waals surface area contributed by atoms with Gasteiger partial charge < -0.3 is 43.0 Å². The molecule has 0 saturated carbocycles. The number of carbonyl (C=O) groups is 8. The van der Waals surface area contributed by atoms with E-state index >= 15 is 0 Å². The van der Waals surface area contributed by atoms with Gasteiger partial charge in [-0.2, -0.15) is 0 Å². The summed E-state index contributed by atoms with van der Waals surface area (Å²) in [6.07, 6.45) is -1.39. The molecule has 0 spiro atoms. The van der Waals surface area contributed by atoms with Gasteiger partial charge in [-0.3, -0.25) is 39.4 Å². The molecule has 424 valence electrons. The SMILES string of the molecule is CC(C)(C)OC(=O)CC(C(=O)OC(C)(C)C)N(CCOCCN(C(=O)c1cccc(OC(=O)c2ccc([N+](=O)[O-])cc2)c1)C(CC(=O)OC(C)(C)C)C(=O)OC(C)(C)C)C(=O)c1cccc(OC(=O)c2ccc([N+](=O)[O-])cc2)c1. The minimum Gasteiger partial charge on any atom is -0.460 e. The second-order valence-electron chi connectivity index (χ2n) is 21.7. The molecule has 0 N–H and O–H groups in total. The maximum Gasteiger partial charge on any atom is 0.343 e. The van der Waals surface area contributed by atoms with Crippen LogP contribution in [-0.2, 0) is 42.9 Å². The first-order valence-corrected chi connectivity index (χ1v) is 24.8. The van der Waals surface area contributed by atoms with Gasteiger partial charge in [0.15, 0.2) is 0 Å². The lowest BCUT2D eigenvalue weighted by atomic mass is 10.1. The van der Waals surface area contributed by atoms with Crippen LogP contribution in [0.3, 0.4) is 0 Å². The Morgan fingerprint density at radius 3 is 1.06 bits per heavy atom. The van der Waals surface area contributed by atoms with Crippen molar-refractivity contribution in [2.45, 2.75) is 130 Å². The number of nitro groups is 2. The Bertz CT molecular complexity index is 2700. The van der Waals surface area contributed by atoms with Gasteiger partial charge >= 0.3 is 35.8 Å². The van der Waals surface area contributed by atoms with Gasteiger partial charge in [0.25, 0.3) is 23.2 Å². The van der Waals surface area contributed by atoms with Crippen LogP contribution >= 0.6 is 0 Å². The second-order valence-corrected chi connectivity index (χ2v) is 21.7. The predicted octanol–water partition coefficient (Wildman–Crippen LogP) is 8.43. The molecule has 0 bridgehead atoms. The molecule has 2 amide bonds. The fourth-order valence-electron chi connectivity index (χ4n) is 7.18. The highest BCUT2D eigenvalue weighted by molar-refractivity contribution is 6.00. The highest BCUT2D eigenvalue weighted by Gasteiger charge is 2.39. The molecule has 0 saturated heterocycles. The number of ether oxygens (including phenoxy) is 7. The van der Waals surface area contributed by atoms with E-state index < -0.39 is 131 Å². The number of rotatable bonds is 22. The van der Waals surface area contributed by atoms with E-state index in [-0.39, 0.29) is 45.1 Å². The second kappa shape index (κ2) is 26.6. The van der Waals surface area contributed by atoms with Crippen molar-refractivity contribution in [1.29, 1.82) is 0 Å². The third kappa shape index (κ3) is 20.7. The topological polar surface area (TPSA) is 294 Å². The summed E-state index contributed by atoms with van der Waals surface area (Å²) in [5.74, 6) is -7.55. The number of esters is 6. The van der Waals surface area contributed by atoms with Gasteiger partial charge in [0.05, 0.1) is 47.0 Å². The van der Waals surface area contributed by atoms with Gasteiger partial charge in [-0.25, -0.2) is 19.2 Å². The molecule has 0 aliphatic rings. The standard InChI is InChI=1S/C56H66N4O19/c1-53(2,3)76-45(61)33-43(51(67)78-55(7,8)9)57(47(63)37-15-13-17-41(31-37)74-49(65)35-19-23-39(24-20-35)59(69)70)27-29-73-30-28-58(44(52(68)79-56(10,11)12)34-46(62)77-54(4,5)6)48(64)38-16-14-18-42(32-38)75-50(66)36-21-25-40(26-22-36)60(71)72/h13-26,31-32,43-44H,27-30,33-34H2,1-12H3. The summed E-state index contributed by atoms with van der Waals surface area (Å²) < 4.78 is 39.6. The Morgan fingerprint density at radius 1 is 0.456 bits per heavy atom. The molecule has 0 radical (unpaired) electrons. The molecular formula is C56H66N4O19. The van der Waals surface area contributed by atoms with Crippen molar-refractivity contribution in [1.82, 2.24) is 9.80 Å². The molecule has 4 rings (SSSR count). The average Bonchev–Trinajstić information content (AvgIpc) is 3.35. The van der Waals surface area contributed by atoms with Gasteiger partial charge in [0.2, 0.25) is 0 Å². The maximum absolute atomic E-state index is 14.7. The lowest BCUT2D eigenvalue weighted by molar-refractivity contribution is -0.385. The zero-order valence-electron chi connectivity index (χ0n) is 46.2. The largest absolute Gasteiger partial charge is 0.460 e. The van der Waals surface area contributed by atoms with E-state index in [9.17, 15) is 58.6 Å². The first kappa shape index (κ1) is 62.9. The van der Waals surface area contributed by atoms with E-state index in [1.165, 1.54) is 72.8 Å². The van der Waals surface area contributed by atoms with Crippen LogP contribution in [-0.4, -0.2) is 128 Å². The van der Waals surface area contributed by atoms with E-state index in [0.717, 1.165) is 34.1 Å². The number of amides is 2. The minimum atomic E-state index is -1.65. The van der Waals surface area contributed by atoms with E-state index in [1.807, 2.05) is 0 Å². The van der Waals surface area contributed by atoms with E-state index in [1.54, 1.807) is 83.1 Å². The smallest absolute Gasteiger partial charge is 0.343 e. The van der Waals surface area contributed by atoms with Crippen LogP contribution in [0.15, 0.2) is 97.1 Å². The monoisotopic (exact) mass is 1100 g/mol. The van der Waals surface area contributed by atoms with Crippen LogP contribution in [0.1, 0.15) is 137 Å².